The van der Waals surface area contributed by atoms with Crippen molar-refractivity contribution < 1.29 is 13.9 Å². The number of rotatable bonds is 3. The third kappa shape index (κ3) is 3.21. The van der Waals surface area contributed by atoms with Crippen LogP contribution in [0.25, 0.3) is 21.9 Å². The van der Waals surface area contributed by atoms with Gasteiger partial charge in [-0.3, -0.25) is 4.79 Å². The Labute approximate surface area is 176 Å². The minimum absolute atomic E-state index is 0.0351. The number of ether oxygens (including phenoxy) is 1. The third-order valence-corrected chi connectivity index (χ3v) is 6.47. The first kappa shape index (κ1) is 18.3. The standard InChI is InChI=1S/C23H21BrN2O3/c1-28-16-5-6-20-17(12-16)18(13-25-20)14-7-9-26(10-8-14)23(27)21-11-15-3-2-4-19(24)22(15)29-21/h2-6,11-14,25H,7-10H2,1H3. The molecule has 1 saturated heterocycles. The summed E-state index contributed by atoms with van der Waals surface area (Å²) in [5.41, 5.74) is 3.14. The zero-order valence-corrected chi connectivity index (χ0v) is 17.7. The number of carbonyl (C=O) groups excluding carboxylic acids is 1. The number of para-hydroxylation sites is 1. The van der Waals surface area contributed by atoms with Crippen molar-refractivity contribution in [2.75, 3.05) is 20.2 Å². The van der Waals surface area contributed by atoms with Crippen LogP contribution in [0.5, 0.6) is 5.75 Å². The van der Waals surface area contributed by atoms with Crippen LogP contribution in [0.2, 0.25) is 0 Å². The highest BCUT2D eigenvalue weighted by Crippen LogP contribution is 2.35. The number of hydrogen-bond acceptors (Lipinski definition) is 3. The summed E-state index contributed by atoms with van der Waals surface area (Å²) in [5, 5.41) is 2.14. The lowest BCUT2D eigenvalue weighted by Crippen LogP contribution is -2.37. The summed E-state index contributed by atoms with van der Waals surface area (Å²) in [7, 11) is 1.69. The molecular weight excluding hydrogens is 432 g/mol. The average molecular weight is 453 g/mol. The quantitative estimate of drug-likeness (QED) is 0.433. The van der Waals surface area contributed by atoms with Gasteiger partial charge >= 0.3 is 0 Å². The fourth-order valence-corrected chi connectivity index (χ4v) is 4.73. The van der Waals surface area contributed by atoms with Gasteiger partial charge in [-0.25, -0.2) is 0 Å². The number of methoxy groups -OCH3 is 1. The van der Waals surface area contributed by atoms with Crippen molar-refractivity contribution in [2.24, 2.45) is 0 Å². The molecule has 3 heterocycles. The van der Waals surface area contributed by atoms with Crippen molar-refractivity contribution in [2.45, 2.75) is 18.8 Å². The molecule has 29 heavy (non-hydrogen) atoms. The number of furan rings is 1. The minimum Gasteiger partial charge on any atom is -0.497 e. The van der Waals surface area contributed by atoms with Gasteiger partial charge in [-0.15, -0.1) is 0 Å². The van der Waals surface area contributed by atoms with Gasteiger partial charge in [-0.2, -0.15) is 0 Å². The lowest BCUT2D eigenvalue weighted by molar-refractivity contribution is 0.0683. The number of hydrogen-bond donors (Lipinski definition) is 1. The maximum absolute atomic E-state index is 13.0. The molecule has 2 aromatic carbocycles. The maximum atomic E-state index is 13.0. The highest BCUT2D eigenvalue weighted by Gasteiger charge is 2.28. The summed E-state index contributed by atoms with van der Waals surface area (Å²) >= 11 is 3.48. The molecule has 1 N–H and O–H groups in total. The number of nitrogens with zero attached hydrogens (tertiary/aromatic N) is 1. The Hall–Kier alpha value is -2.73. The first-order valence-electron chi connectivity index (χ1n) is 9.76. The first-order chi connectivity index (χ1) is 14.1. The Morgan fingerprint density at radius 3 is 2.79 bits per heavy atom. The Kier molecular flexibility index (Phi) is 4.59. The van der Waals surface area contributed by atoms with Gasteiger partial charge in [0, 0.05) is 35.6 Å². The van der Waals surface area contributed by atoms with Crippen molar-refractivity contribution in [1.82, 2.24) is 9.88 Å². The number of aromatic nitrogens is 1. The Bertz CT molecular complexity index is 1200. The SMILES string of the molecule is COc1ccc2[nH]cc(C3CCN(C(=O)c4cc5cccc(Br)c5o4)CC3)c2c1. The van der Waals surface area contributed by atoms with Crippen molar-refractivity contribution in [1.29, 1.82) is 0 Å². The number of amides is 1. The molecule has 4 aromatic rings. The first-order valence-corrected chi connectivity index (χ1v) is 10.6. The fraction of sp³-hybridized carbons (Fsp3) is 0.261. The molecule has 0 radical (unpaired) electrons. The molecule has 1 fully saturated rings. The highest BCUT2D eigenvalue weighted by atomic mass is 79.9. The molecule has 6 heteroatoms. The van der Waals surface area contributed by atoms with E-state index in [-0.39, 0.29) is 5.91 Å². The van der Waals surface area contributed by atoms with E-state index in [4.69, 9.17) is 9.15 Å². The van der Waals surface area contributed by atoms with Crippen molar-refractivity contribution >= 4 is 43.7 Å². The van der Waals surface area contributed by atoms with Crippen LogP contribution in [0.1, 0.15) is 34.9 Å². The van der Waals surface area contributed by atoms with Gasteiger partial charge < -0.3 is 19.0 Å². The molecule has 0 bridgehead atoms. The van der Waals surface area contributed by atoms with E-state index in [1.807, 2.05) is 35.2 Å². The van der Waals surface area contributed by atoms with Gasteiger partial charge in [0.05, 0.1) is 11.6 Å². The smallest absolute Gasteiger partial charge is 0.289 e. The second-order valence-corrected chi connectivity index (χ2v) is 8.35. The highest BCUT2D eigenvalue weighted by molar-refractivity contribution is 9.10. The zero-order chi connectivity index (χ0) is 20.0. The van der Waals surface area contributed by atoms with Gasteiger partial charge in [0.1, 0.15) is 11.3 Å². The van der Waals surface area contributed by atoms with Crippen LogP contribution >= 0.6 is 15.9 Å². The largest absolute Gasteiger partial charge is 0.497 e. The van der Waals surface area contributed by atoms with E-state index in [0.29, 0.717) is 11.7 Å². The van der Waals surface area contributed by atoms with Gasteiger partial charge in [0.15, 0.2) is 5.76 Å². The molecule has 1 aliphatic rings. The Morgan fingerprint density at radius 2 is 2.03 bits per heavy atom. The van der Waals surface area contributed by atoms with E-state index in [0.717, 1.165) is 52.6 Å². The van der Waals surface area contributed by atoms with E-state index < -0.39 is 0 Å². The predicted molar refractivity (Wildman–Crippen MR) is 117 cm³/mol. The maximum Gasteiger partial charge on any atom is 0.289 e. The lowest BCUT2D eigenvalue weighted by Gasteiger charge is -2.31. The van der Waals surface area contributed by atoms with E-state index in [9.17, 15) is 4.79 Å². The molecule has 0 unspecified atom stereocenters. The predicted octanol–water partition coefficient (Wildman–Crippen LogP) is 5.71. The summed E-state index contributed by atoms with van der Waals surface area (Å²) in [5.74, 6) is 1.65. The molecule has 5 nitrogen and oxygen atoms in total. The van der Waals surface area contributed by atoms with Gasteiger partial charge in [0.25, 0.3) is 5.91 Å². The number of nitrogens with one attached hydrogen (secondary N) is 1. The monoisotopic (exact) mass is 452 g/mol. The van der Waals surface area contributed by atoms with Crippen molar-refractivity contribution in [3.8, 4) is 5.75 Å². The lowest BCUT2D eigenvalue weighted by atomic mass is 9.89. The molecule has 5 rings (SSSR count). The second kappa shape index (κ2) is 7.26. The van der Waals surface area contributed by atoms with Crippen molar-refractivity contribution in [3.63, 3.8) is 0 Å². The van der Waals surface area contributed by atoms with Crippen LogP contribution in [0.4, 0.5) is 0 Å². The second-order valence-electron chi connectivity index (χ2n) is 7.49. The molecule has 0 aliphatic carbocycles. The molecule has 0 atom stereocenters. The van der Waals surface area contributed by atoms with Gasteiger partial charge in [-0.05, 0) is 70.6 Å². The summed E-state index contributed by atoms with van der Waals surface area (Å²) in [6.07, 6.45) is 3.96. The van der Waals surface area contributed by atoms with E-state index in [2.05, 4.69) is 39.2 Å². The van der Waals surface area contributed by atoms with Gasteiger partial charge in [0.2, 0.25) is 0 Å². The fourth-order valence-electron chi connectivity index (χ4n) is 4.27. The number of fused-ring (bicyclic) bond motifs is 2. The average Bonchev–Trinajstić information content (AvgIpc) is 3.38. The molecule has 0 saturated carbocycles. The Balaban J connectivity index is 1.33. The van der Waals surface area contributed by atoms with Crippen LogP contribution in [-0.2, 0) is 0 Å². The zero-order valence-electron chi connectivity index (χ0n) is 16.1. The van der Waals surface area contributed by atoms with Crippen LogP contribution in [0.3, 0.4) is 0 Å². The summed E-state index contributed by atoms with van der Waals surface area (Å²) in [6, 6.07) is 13.8. The van der Waals surface area contributed by atoms with Crippen molar-refractivity contribution in [3.05, 3.63) is 64.5 Å². The number of benzene rings is 2. The molecule has 148 valence electrons. The van der Waals surface area contributed by atoms with Crippen LogP contribution in [-0.4, -0.2) is 36.0 Å². The van der Waals surface area contributed by atoms with Gasteiger partial charge in [-0.1, -0.05) is 12.1 Å². The molecule has 2 aromatic heterocycles. The molecule has 0 spiro atoms. The number of H-pyrrole nitrogens is 1. The van der Waals surface area contributed by atoms with E-state index >= 15 is 0 Å². The molecule has 1 aliphatic heterocycles. The number of carbonyl (C=O) groups is 1. The minimum atomic E-state index is -0.0351. The number of halogens is 1. The van der Waals surface area contributed by atoms with Crippen LogP contribution in [0.15, 0.2) is 57.6 Å². The number of piperidine rings is 1. The summed E-state index contributed by atoms with van der Waals surface area (Å²) in [4.78, 5) is 18.2. The van der Waals surface area contributed by atoms with E-state index in [1.165, 1.54) is 10.9 Å². The summed E-state index contributed by atoms with van der Waals surface area (Å²) < 4.78 is 12.1. The third-order valence-electron chi connectivity index (χ3n) is 5.85. The Morgan fingerprint density at radius 1 is 1.21 bits per heavy atom. The van der Waals surface area contributed by atoms with Crippen LogP contribution < -0.4 is 4.74 Å². The summed E-state index contributed by atoms with van der Waals surface area (Å²) in [6.45, 7) is 1.44. The van der Waals surface area contributed by atoms with E-state index in [1.54, 1.807) is 7.11 Å². The number of aromatic amines is 1. The molecular formula is C23H21BrN2O3. The van der Waals surface area contributed by atoms with Crippen LogP contribution in [0, 0.1) is 0 Å². The normalized spacial score (nSPS) is 15.3. The molecule has 1 amide bonds. The topological polar surface area (TPSA) is 58.5 Å². The number of likely N-dealkylation sites (tertiary alicyclic amines) is 1.